The van der Waals surface area contributed by atoms with Gasteiger partial charge in [-0.1, -0.05) is 49.4 Å². The summed E-state index contributed by atoms with van der Waals surface area (Å²) in [7, 11) is 0. The van der Waals surface area contributed by atoms with Crippen molar-refractivity contribution < 1.29 is 19.1 Å². The quantitative estimate of drug-likeness (QED) is 0.812. The molecule has 0 bridgehead atoms. The van der Waals surface area contributed by atoms with Crippen LogP contribution in [0.4, 0.5) is 4.79 Å². The Morgan fingerprint density at radius 2 is 1.75 bits per heavy atom. The van der Waals surface area contributed by atoms with Gasteiger partial charge in [0.1, 0.15) is 5.75 Å². The van der Waals surface area contributed by atoms with Crippen LogP contribution in [0, 0.1) is 0 Å². The Hall–Kier alpha value is -2.82. The molecule has 0 N–H and O–H groups in total. The molecule has 2 aromatic rings. The van der Waals surface area contributed by atoms with E-state index in [1.54, 1.807) is 12.1 Å². The van der Waals surface area contributed by atoms with Crippen molar-refractivity contribution >= 4 is 12.1 Å². The van der Waals surface area contributed by atoms with Crippen LogP contribution in [0.1, 0.15) is 30.7 Å². The Morgan fingerprint density at radius 1 is 1.04 bits per heavy atom. The summed E-state index contributed by atoms with van der Waals surface area (Å²) >= 11 is 0. The highest BCUT2D eigenvalue weighted by atomic mass is 16.6. The van der Waals surface area contributed by atoms with E-state index in [1.165, 1.54) is 4.90 Å². The van der Waals surface area contributed by atoms with Crippen LogP contribution in [0.25, 0.3) is 0 Å². The number of esters is 1. The van der Waals surface area contributed by atoms with Crippen molar-refractivity contribution in [3.05, 3.63) is 65.7 Å². The van der Waals surface area contributed by atoms with Gasteiger partial charge < -0.3 is 9.47 Å². The Kier molecular flexibility index (Phi) is 3.30. The van der Waals surface area contributed by atoms with E-state index >= 15 is 0 Å². The number of nitrogens with zero attached hydrogens (tertiary/aromatic N) is 1. The third-order valence-electron chi connectivity index (χ3n) is 4.80. The van der Waals surface area contributed by atoms with Crippen LogP contribution in [0.3, 0.4) is 0 Å². The summed E-state index contributed by atoms with van der Waals surface area (Å²) in [5.41, 5.74) is 0.633. The summed E-state index contributed by atoms with van der Waals surface area (Å²) in [5, 5.41) is 0. The molecule has 0 spiro atoms. The average Bonchev–Trinajstić information content (AvgIpc) is 2.89. The van der Waals surface area contributed by atoms with E-state index in [0.717, 1.165) is 5.56 Å². The lowest BCUT2D eigenvalue weighted by Crippen LogP contribution is -2.55. The van der Waals surface area contributed by atoms with E-state index in [1.807, 2.05) is 49.4 Å². The number of amides is 1. The highest BCUT2D eigenvalue weighted by Gasteiger charge is 2.59. The summed E-state index contributed by atoms with van der Waals surface area (Å²) in [6.45, 7) is 1.89. The predicted molar refractivity (Wildman–Crippen MR) is 86.3 cm³/mol. The highest BCUT2D eigenvalue weighted by molar-refractivity contribution is 5.91. The third kappa shape index (κ3) is 2.01. The van der Waals surface area contributed by atoms with Crippen LogP contribution in [-0.2, 0) is 16.0 Å². The second-order valence-corrected chi connectivity index (χ2v) is 6.08. The topological polar surface area (TPSA) is 55.8 Å². The number of rotatable bonds is 3. The Morgan fingerprint density at radius 3 is 2.50 bits per heavy atom. The number of para-hydroxylation sites is 1. The minimum Gasteiger partial charge on any atom is -0.435 e. The molecule has 1 saturated heterocycles. The summed E-state index contributed by atoms with van der Waals surface area (Å²) in [6.07, 6.45) is -0.410. The first kappa shape index (κ1) is 14.8. The van der Waals surface area contributed by atoms with E-state index in [-0.39, 0.29) is 5.97 Å². The van der Waals surface area contributed by atoms with Crippen molar-refractivity contribution in [1.82, 2.24) is 4.90 Å². The van der Waals surface area contributed by atoms with Gasteiger partial charge in [0.05, 0.1) is 5.56 Å². The largest absolute Gasteiger partial charge is 0.435 e. The van der Waals surface area contributed by atoms with Crippen molar-refractivity contribution in [1.29, 1.82) is 0 Å². The molecule has 2 aliphatic heterocycles. The lowest BCUT2D eigenvalue weighted by atomic mass is 9.87. The van der Waals surface area contributed by atoms with Gasteiger partial charge in [-0.3, -0.25) is 4.90 Å². The molecule has 4 rings (SSSR count). The van der Waals surface area contributed by atoms with E-state index in [9.17, 15) is 9.59 Å². The number of ether oxygens (including phenoxy) is 2. The zero-order valence-electron chi connectivity index (χ0n) is 13.3. The van der Waals surface area contributed by atoms with Gasteiger partial charge >= 0.3 is 12.1 Å². The molecule has 0 saturated carbocycles. The van der Waals surface area contributed by atoms with E-state index in [0.29, 0.717) is 24.2 Å². The van der Waals surface area contributed by atoms with Gasteiger partial charge in [0.15, 0.2) is 5.54 Å². The van der Waals surface area contributed by atoms with Gasteiger partial charge in [-0.05, 0) is 24.1 Å². The second-order valence-electron chi connectivity index (χ2n) is 6.08. The molecule has 2 aliphatic rings. The van der Waals surface area contributed by atoms with Crippen LogP contribution < -0.4 is 4.74 Å². The van der Waals surface area contributed by atoms with Gasteiger partial charge in [0.25, 0.3) is 0 Å². The number of carbonyl (C=O) groups excluding carboxylic acids is 2. The van der Waals surface area contributed by atoms with Gasteiger partial charge in [0.2, 0.25) is 6.23 Å². The van der Waals surface area contributed by atoms with Crippen molar-refractivity contribution in [2.24, 2.45) is 0 Å². The predicted octanol–water partition coefficient (Wildman–Crippen LogP) is 3.45. The molecule has 122 valence electrons. The molecule has 2 aromatic carbocycles. The van der Waals surface area contributed by atoms with E-state index in [2.05, 4.69) is 0 Å². The summed E-state index contributed by atoms with van der Waals surface area (Å²) in [4.78, 5) is 26.9. The first-order valence-corrected chi connectivity index (χ1v) is 8.01. The Bertz CT molecular complexity index is 804. The molecule has 2 heterocycles. The van der Waals surface area contributed by atoms with Crippen LogP contribution in [-0.4, -0.2) is 22.5 Å². The fourth-order valence-electron chi connectivity index (χ4n) is 3.51. The highest BCUT2D eigenvalue weighted by Crippen LogP contribution is 2.47. The third-order valence-corrected chi connectivity index (χ3v) is 4.80. The fourth-order valence-corrected chi connectivity index (χ4v) is 3.51. The number of benzene rings is 2. The second kappa shape index (κ2) is 5.37. The molecular formula is C19H17NO4. The maximum absolute atomic E-state index is 12.8. The summed E-state index contributed by atoms with van der Waals surface area (Å²) < 4.78 is 11.1. The van der Waals surface area contributed by atoms with Crippen molar-refractivity contribution in [3.8, 4) is 5.75 Å². The lowest BCUT2D eigenvalue weighted by molar-refractivity contribution is -0.145. The molecule has 0 aliphatic carbocycles. The molecule has 5 nitrogen and oxygen atoms in total. The first-order valence-electron chi connectivity index (χ1n) is 8.01. The summed E-state index contributed by atoms with van der Waals surface area (Å²) in [5.74, 6) is 0.0654. The molecule has 1 fully saturated rings. The number of carbonyl (C=O) groups is 2. The van der Waals surface area contributed by atoms with Crippen molar-refractivity contribution in [2.45, 2.75) is 31.5 Å². The van der Waals surface area contributed by atoms with Gasteiger partial charge in [-0.15, -0.1) is 0 Å². The maximum atomic E-state index is 12.8. The Labute approximate surface area is 139 Å². The lowest BCUT2D eigenvalue weighted by Gasteiger charge is -2.37. The number of fused-ring (bicyclic) bond motifs is 3. The van der Waals surface area contributed by atoms with E-state index < -0.39 is 17.9 Å². The van der Waals surface area contributed by atoms with Crippen LogP contribution >= 0.6 is 0 Å². The maximum Gasteiger partial charge on any atom is 0.419 e. The van der Waals surface area contributed by atoms with Gasteiger partial charge in [-0.25, -0.2) is 9.59 Å². The van der Waals surface area contributed by atoms with Crippen LogP contribution in [0.2, 0.25) is 0 Å². The molecule has 24 heavy (non-hydrogen) atoms. The zero-order valence-corrected chi connectivity index (χ0v) is 13.3. The minimum atomic E-state index is -1.05. The first-order chi connectivity index (χ1) is 11.7. The van der Waals surface area contributed by atoms with Crippen LogP contribution in [0.15, 0.2) is 54.6 Å². The molecule has 5 heteroatoms. The average molecular weight is 323 g/mol. The van der Waals surface area contributed by atoms with Crippen LogP contribution in [0.5, 0.6) is 5.75 Å². The van der Waals surface area contributed by atoms with Gasteiger partial charge in [0, 0.05) is 6.42 Å². The molecular weight excluding hydrogens is 306 g/mol. The monoisotopic (exact) mass is 323 g/mol. The van der Waals surface area contributed by atoms with Gasteiger partial charge in [-0.2, -0.15) is 0 Å². The zero-order chi connectivity index (χ0) is 16.7. The fraction of sp³-hybridized carbons (Fsp3) is 0.263. The normalized spacial score (nSPS) is 24.9. The standard InChI is InChI=1S/C19H17NO4/c1-2-19(12-13-8-4-3-5-9-13)17(21)24-16-14-10-6-7-11-15(14)23-18(22)20(16)19/h3-11,16H,2,12H2,1H3/t16-,19-/m1/s1. The molecule has 0 aromatic heterocycles. The summed E-state index contributed by atoms with van der Waals surface area (Å²) in [6, 6.07) is 16.8. The van der Waals surface area contributed by atoms with Crippen molar-refractivity contribution in [3.63, 3.8) is 0 Å². The number of hydrogen-bond donors (Lipinski definition) is 0. The molecule has 0 unspecified atom stereocenters. The minimum absolute atomic E-state index is 0.382. The smallest absolute Gasteiger partial charge is 0.419 e. The van der Waals surface area contributed by atoms with E-state index in [4.69, 9.17) is 9.47 Å². The SMILES string of the molecule is CC[C@@]1(Cc2ccccc2)C(=O)O[C@@H]2c3ccccc3OC(=O)N21. The molecule has 1 amide bonds. The molecule has 2 atom stereocenters. The Balaban J connectivity index is 1.79. The number of hydrogen-bond acceptors (Lipinski definition) is 4. The molecule has 0 radical (unpaired) electrons. The van der Waals surface area contributed by atoms with Crippen molar-refractivity contribution in [2.75, 3.05) is 0 Å².